The molecule has 2 aromatic rings. The van der Waals surface area contributed by atoms with Crippen LogP contribution in [0.2, 0.25) is 0 Å². The summed E-state index contributed by atoms with van der Waals surface area (Å²) in [4.78, 5) is 12.6. The molecule has 146 valence electrons. The second-order valence-electron chi connectivity index (χ2n) is 7.19. The number of nitrogens with one attached hydrogen (secondary N) is 1. The van der Waals surface area contributed by atoms with Gasteiger partial charge in [0.25, 0.3) is 0 Å². The van der Waals surface area contributed by atoms with Crippen LogP contribution in [0.5, 0.6) is 0 Å². The lowest BCUT2D eigenvalue weighted by atomic mass is 10.0. The van der Waals surface area contributed by atoms with Crippen LogP contribution in [0.4, 0.5) is 5.69 Å². The highest BCUT2D eigenvalue weighted by Crippen LogP contribution is 2.22. The van der Waals surface area contributed by atoms with Crippen LogP contribution in [0.1, 0.15) is 40.8 Å². The third-order valence-corrected chi connectivity index (χ3v) is 5.88. The van der Waals surface area contributed by atoms with Crippen LogP contribution in [0, 0.1) is 27.7 Å². The van der Waals surface area contributed by atoms with E-state index in [0.717, 1.165) is 38.4 Å². The third-order valence-electron chi connectivity index (χ3n) is 4.74. The molecule has 2 rings (SSSR count). The number of sulfonamides is 1. The molecule has 1 N–H and O–H groups in total. The molecule has 0 aliphatic rings. The third kappa shape index (κ3) is 5.32. The molecule has 0 fully saturated rings. The Morgan fingerprint density at radius 1 is 1.00 bits per heavy atom. The van der Waals surface area contributed by atoms with E-state index in [1.807, 2.05) is 52.8 Å². The van der Waals surface area contributed by atoms with E-state index in [1.54, 1.807) is 12.1 Å². The van der Waals surface area contributed by atoms with E-state index in [2.05, 4.69) is 11.4 Å². The number of anilines is 1. The predicted molar refractivity (Wildman–Crippen MR) is 111 cm³/mol. The highest BCUT2D eigenvalue weighted by molar-refractivity contribution is 7.92. The van der Waals surface area contributed by atoms with Crippen molar-refractivity contribution in [3.8, 4) is 0 Å². The van der Waals surface area contributed by atoms with Crippen LogP contribution in [-0.4, -0.2) is 27.1 Å². The molecule has 1 amide bonds. The Hall–Kier alpha value is -2.34. The van der Waals surface area contributed by atoms with Gasteiger partial charge < -0.3 is 5.32 Å². The van der Waals surface area contributed by atoms with E-state index in [9.17, 15) is 13.2 Å². The highest BCUT2D eigenvalue weighted by Gasteiger charge is 2.22. The minimum absolute atomic E-state index is 0.209. The van der Waals surface area contributed by atoms with Crippen molar-refractivity contribution in [2.75, 3.05) is 17.1 Å². The zero-order valence-corrected chi connectivity index (χ0v) is 17.6. The summed E-state index contributed by atoms with van der Waals surface area (Å²) in [5.74, 6) is -0.342. The average molecular weight is 389 g/mol. The van der Waals surface area contributed by atoms with Crippen molar-refractivity contribution in [2.24, 2.45) is 0 Å². The first kappa shape index (κ1) is 21.0. The van der Waals surface area contributed by atoms with Crippen LogP contribution in [0.25, 0.3) is 0 Å². The summed E-state index contributed by atoms with van der Waals surface area (Å²) in [7, 11) is -3.58. The van der Waals surface area contributed by atoms with Gasteiger partial charge in [-0.05, 0) is 69.0 Å². The number of nitrogens with zero attached hydrogens (tertiary/aromatic N) is 1. The van der Waals surface area contributed by atoms with Crippen molar-refractivity contribution in [1.82, 2.24) is 5.32 Å². The van der Waals surface area contributed by atoms with Crippen LogP contribution < -0.4 is 9.62 Å². The fraction of sp³-hybridized carbons (Fsp3) is 0.381. The standard InChI is InChI=1S/C21H28N2O3S/c1-14-7-10-20(17(4)11-14)18(5)22-21(24)13-23(27(6,25)26)19-9-8-15(2)16(3)12-19/h7-12,18H,13H2,1-6H3,(H,22,24). The lowest BCUT2D eigenvalue weighted by molar-refractivity contribution is -0.120. The Kier molecular flexibility index (Phi) is 6.31. The Labute approximate surface area is 162 Å². The second kappa shape index (κ2) is 8.13. The molecule has 0 saturated heterocycles. The van der Waals surface area contributed by atoms with E-state index in [0.29, 0.717) is 5.69 Å². The minimum Gasteiger partial charge on any atom is -0.348 e. The van der Waals surface area contributed by atoms with Crippen LogP contribution >= 0.6 is 0 Å². The quantitative estimate of drug-likeness (QED) is 0.823. The van der Waals surface area contributed by atoms with E-state index in [-0.39, 0.29) is 18.5 Å². The molecule has 0 aliphatic carbocycles. The van der Waals surface area contributed by atoms with Gasteiger partial charge in [0.15, 0.2) is 0 Å². The molecule has 27 heavy (non-hydrogen) atoms. The molecular weight excluding hydrogens is 360 g/mol. The number of rotatable bonds is 6. The fourth-order valence-corrected chi connectivity index (χ4v) is 3.94. The smallest absolute Gasteiger partial charge is 0.241 e. The molecule has 0 spiro atoms. The molecule has 6 heteroatoms. The number of amides is 1. The zero-order valence-electron chi connectivity index (χ0n) is 16.8. The molecule has 0 heterocycles. The minimum atomic E-state index is -3.58. The van der Waals surface area contributed by atoms with Gasteiger partial charge in [-0.25, -0.2) is 8.42 Å². The fourth-order valence-electron chi connectivity index (χ4n) is 3.09. The van der Waals surface area contributed by atoms with E-state index in [1.165, 1.54) is 0 Å². The molecule has 1 atom stereocenters. The lowest BCUT2D eigenvalue weighted by Gasteiger charge is -2.24. The van der Waals surface area contributed by atoms with Crippen LogP contribution in [0.15, 0.2) is 36.4 Å². The van der Waals surface area contributed by atoms with E-state index < -0.39 is 10.0 Å². The monoisotopic (exact) mass is 388 g/mol. The summed E-state index contributed by atoms with van der Waals surface area (Å²) in [6, 6.07) is 11.2. The molecule has 0 bridgehead atoms. The Morgan fingerprint density at radius 2 is 1.67 bits per heavy atom. The molecule has 2 aromatic carbocycles. The van der Waals surface area contributed by atoms with E-state index >= 15 is 0 Å². The predicted octanol–water partition coefficient (Wildman–Crippen LogP) is 3.56. The Bertz CT molecular complexity index is 952. The maximum atomic E-state index is 12.6. The number of carbonyl (C=O) groups is 1. The molecule has 0 aliphatic heterocycles. The molecular formula is C21H28N2O3S. The van der Waals surface area contributed by atoms with Crippen molar-refractivity contribution in [3.63, 3.8) is 0 Å². The number of aryl methyl sites for hydroxylation is 4. The summed E-state index contributed by atoms with van der Waals surface area (Å²) in [6.07, 6.45) is 1.11. The van der Waals surface area contributed by atoms with Crippen molar-refractivity contribution in [2.45, 2.75) is 40.7 Å². The van der Waals surface area contributed by atoms with Crippen molar-refractivity contribution in [1.29, 1.82) is 0 Å². The summed E-state index contributed by atoms with van der Waals surface area (Å²) in [5, 5.41) is 2.91. The summed E-state index contributed by atoms with van der Waals surface area (Å²) < 4.78 is 25.7. The maximum Gasteiger partial charge on any atom is 0.241 e. The molecule has 1 unspecified atom stereocenters. The molecule has 5 nitrogen and oxygen atoms in total. The average Bonchev–Trinajstić information content (AvgIpc) is 2.54. The molecule has 0 saturated carbocycles. The summed E-state index contributed by atoms with van der Waals surface area (Å²) in [6.45, 7) is 9.55. The molecule has 0 aromatic heterocycles. The number of benzene rings is 2. The number of carbonyl (C=O) groups excluding carboxylic acids is 1. The van der Waals surface area contributed by atoms with Crippen LogP contribution in [-0.2, 0) is 14.8 Å². The first-order chi connectivity index (χ1) is 12.5. The van der Waals surface area contributed by atoms with Gasteiger partial charge in [0.2, 0.25) is 15.9 Å². The Balaban J connectivity index is 2.20. The lowest BCUT2D eigenvalue weighted by Crippen LogP contribution is -2.41. The maximum absolute atomic E-state index is 12.6. The zero-order chi connectivity index (χ0) is 20.4. The van der Waals surface area contributed by atoms with Gasteiger partial charge in [0, 0.05) is 0 Å². The van der Waals surface area contributed by atoms with Gasteiger partial charge in [0.05, 0.1) is 18.0 Å². The van der Waals surface area contributed by atoms with Crippen molar-refractivity contribution < 1.29 is 13.2 Å². The summed E-state index contributed by atoms with van der Waals surface area (Å²) >= 11 is 0. The summed E-state index contributed by atoms with van der Waals surface area (Å²) in [5.41, 5.74) is 5.82. The van der Waals surface area contributed by atoms with Crippen molar-refractivity contribution >= 4 is 21.6 Å². The van der Waals surface area contributed by atoms with Crippen molar-refractivity contribution in [3.05, 3.63) is 64.2 Å². The first-order valence-corrected chi connectivity index (χ1v) is 10.8. The van der Waals surface area contributed by atoms with Gasteiger partial charge in [-0.1, -0.05) is 29.8 Å². The second-order valence-corrected chi connectivity index (χ2v) is 9.09. The molecule has 0 radical (unpaired) electrons. The van der Waals surface area contributed by atoms with Gasteiger partial charge >= 0.3 is 0 Å². The van der Waals surface area contributed by atoms with Gasteiger partial charge in [0.1, 0.15) is 6.54 Å². The van der Waals surface area contributed by atoms with Gasteiger partial charge in [-0.2, -0.15) is 0 Å². The topological polar surface area (TPSA) is 66.5 Å². The number of hydrogen-bond donors (Lipinski definition) is 1. The van der Waals surface area contributed by atoms with Gasteiger partial charge in [-0.15, -0.1) is 0 Å². The van der Waals surface area contributed by atoms with Crippen LogP contribution in [0.3, 0.4) is 0 Å². The highest BCUT2D eigenvalue weighted by atomic mass is 32.2. The largest absolute Gasteiger partial charge is 0.348 e. The van der Waals surface area contributed by atoms with Gasteiger partial charge in [-0.3, -0.25) is 9.10 Å². The Morgan fingerprint density at radius 3 is 2.22 bits per heavy atom. The van der Waals surface area contributed by atoms with E-state index in [4.69, 9.17) is 0 Å². The normalized spacial score (nSPS) is 12.5. The first-order valence-electron chi connectivity index (χ1n) is 8.90. The SMILES string of the molecule is Cc1ccc(C(C)NC(=O)CN(c2ccc(C)c(C)c2)S(C)(=O)=O)c(C)c1. The number of hydrogen-bond acceptors (Lipinski definition) is 3.